The van der Waals surface area contributed by atoms with Crippen LogP contribution in [0.2, 0.25) is 0 Å². The maximum Gasteiger partial charge on any atom is 0.243 e. The quantitative estimate of drug-likeness (QED) is 0.568. The number of aromatic nitrogens is 1. The van der Waals surface area contributed by atoms with Gasteiger partial charge in [0.2, 0.25) is 10.0 Å². The van der Waals surface area contributed by atoms with Gasteiger partial charge in [-0.05, 0) is 48.7 Å². The van der Waals surface area contributed by atoms with Crippen molar-refractivity contribution in [3.63, 3.8) is 0 Å². The van der Waals surface area contributed by atoms with Crippen molar-refractivity contribution in [1.82, 2.24) is 9.29 Å². The summed E-state index contributed by atoms with van der Waals surface area (Å²) in [5, 5.41) is -1.05. The molecule has 11 heteroatoms. The van der Waals surface area contributed by atoms with Crippen LogP contribution in [0.3, 0.4) is 0 Å². The molecule has 1 atom stereocenters. The Labute approximate surface area is 177 Å². The van der Waals surface area contributed by atoms with Gasteiger partial charge in [-0.2, -0.15) is 4.31 Å². The molecule has 1 fully saturated rings. The largest absolute Gasteiger partial charge is 0.265 e. The second-order valence-electron chi connectivity index (χ2n) is 7.15. The summed E-state index contributed by atoms with van der Waals surface area (Å²) in [6.07, 6.45) is 3.79. The molecule has 0 radical (unpaired) electrons. The van der Waals surface area contributed by atoms with Crippen LogP contribution in [0.5, 0.6) is 0 Å². The minimum atomic E-state index is -3.95. The topological polar surface area (TPSA) is 119 Å². The molecule has 1 unspecified atom stereocenters. The minimum Gasteiger partial charge on any atom is -0.265 e. The van der Waals surface area contributed by atoms with Gasteiger partial charge < -0.3 is 0 Å². The van der Waals surface area contributed by atoms with Gasteiger partial charge in [0.1, 0.15) is 0 Å². The fraction of sp³-hybridized carbons (Fsp3) is 0.421. The van der Waals surface area contributed by atoms with Crippen LogP contribution in [0.4, 0.5) is 0 Å². The van der Waals surface area contributed by atoms with Crippen LogP contribution < -0.4 is 0 Å². The van der Waals surface area contributed by atoms with E-state index in [0.29, 0.717) is 6.42 Å². The second kappa shape index (κ2) is 8.74. The molecule has 164 valence electrons. The van der Waals surface area contributed by atoms with Crippen molar-refractivity contribution >= 4 is 29.7 Å². The molecule has 1 saturated heterocycles. The third-order valence-corrected chi connectivity index (χ3v) is 11.3. The molecule has 0 bridgehead atoms. The average Bonchev–Trinajstić information content (AvgIpc) is 3.10. The number of sulfonamides is 1. The molecule has 0 amide bonds. The zero-order valence-electron chi connectivity index (χ0n) is 16.5. The summed E-state index contributed by atoms with van der Waals surface area (Å²) in [5.41, 5.74) is 0.942. The number of nitrogens with zero attached hydrogens (tertiary/aromatic N) is 2. The molecule has 2 aromatic rings. The van der Waals surface area contributed by atoms with E-state index in [4.69, 9.17) is 0 Å². The Balaban J connectivity index is 1.86. The van der Waals surface area contributed by atoms with E-state index in [1.807, 2.05) is 12.1 Å². The Bertz CT molecular complexity index is 1210. The summed E-state index contributed by atoms with van der Waals surface area (Å²) in [6, 6.07) is 8.79. The molecule has 30 heavy (non-hydrogen) atoms. The van der Waals surface area contributed by atoms with E-state index in [0.717, 1.165) is 11.6 Å². The molecule has 8 nitrogen and oxygen atoms in total. The number of sulfone groups is 2. The molecular weight excluding hydrogens is 448 g/mol. The molecule has 1 aliphatic heterocycles. The van der Waals surface area contributed by atoms with Gasteiger partial charge in [0.05, 0.1) is 26.5 Å². The predicted octanol–water partition coefficient (Wildman–Crippen LogP) is 1.30. The van der Waals surface area contributed by atoms with Gasteiger partial charge in [0.25, 0.3) is 0 Å². The fourth-order valence-electron chi connectivity index (χ4n) is 3.41. The van der Waals surface area contributed by atoms with Crippen LogP contribution in [0.1, 0.15) is 18.9 Å². The Morgan fingerprint density at radius 3 is 2.33 bits per heavy atom. The SMILES string of the molecule is CCN(CCc1ccncc1)S(=O)(=O)c1cccc(S(=O)(=O)C2CCS(=O)(=O)C2)c1. The lowest BCUT2D eigenvalue weighted by Gasteiger charge is -2.21. The number of rotatable bonds is 8. The first-order valence-corrected chi connectivity index (χ1v) is 14.3. The van der Waals surface area contributed by atoms with Gasteiger partial charge in [0, 0.05) is 25.5 Å². The van der Waals surface area contributed by atoms with Crippen molar-refractivity contribution in [1.29, 1.82) is 0 Å². The van der Waals surface area contributed by atoms with Crippen LogP contribution in [-0.4, -0.2) is 64.4 Å². The maximum absolute atomic E-state index is 13.1. The van der Waals surface area contributed by atoms with E-state index in [1.165, 1.54) is 22.5 Å². The number of pyridine rings is 1. The second-order valence-corrected chi connectivity index (χ2v) is 13.5. The first-order valence-electron chi connectivity index (χ1n) is 9.50. The molecule has 1 aromatic carbocycles. The highest BCUT2D eigenvalue weighted by Gasteiger charge is 2.38. The summed E-state index contributed by atoms with van der Waals surface area (Å²) in [5.74, 6) is -0.604. The van der Waals surface area contributed by atoms with Gasteiger partial charge in [0.15, 0.2) is 19.7 Å². The molecule has 1 aromatic heterocycles. The monoisotopic (exact) mass is 472 g/mol. The molecule has 3 rings (SSSR count). The number of benzene rings is 1. The fourth-order valence-corrected chi connectivity index (χ4v) is 9.38. The average molecular weight is 473 g/mol. The Kier molecular flexibility index (Phi) is 6.66. The summed E-state index contributed by atoms with van der Waals surface area (Å²) in [6.45, 7) is 2.18. The predicted molar refractivity (Wildman–Crippen MR) is 113 cm³/mol. The molecule has 1 aliphatic rings. The Morgan fingerprint density at radius 1 is 1.07 bits per heavy atom. The van der Waals surface area contributed by atoms with Crippen LogP contribution >= 0.6 is 0 Å². The van der Waals surface area contributed by atoms with Gasteiger partial charge in [-0.1, -0.05) is 13.0 Å². The van der Waals surface area contributed by atoms with Crippen molar-refractivity contribution in [2.45, 2.75) is 34.8 Å². The van der Waals surface area contributed by atoms with Crippen LogP contribution in [0.25, 0.3) is 0 Å². The lowest BCUT2D eigenvalue weighted by Crippen LogP contribution is -2.33. The van der Waals surface area contributed by atoms with Crippen molar-refractivity contribution in [2.75, 3.05) is 24.6 Å². The van der Waals surface area contributed by atoms with E-state index in [1.54, 1.807) is 19.3 Å². The summed E-state index contributed by atoms with van der Waals surface area (Å²) in [7, 11) is -11.3. The molecule has 0 N–H and O–H groups in total. The Morgan fingerprint density at radius 2 is 1.73 bits per heavy atom. The van der Waals surface area contributed by atoms with Gasteiger partial charge in [-0.25, -0.2) is 25.3 Å². The van der Waals surface area contributed by atoms with Crippen LogP contribution in [-0.2, 0) is 36.1 Å². The normalized spacial score (nSPS) is 19.2. The standard InChI is InChI=1S/C19H24N2O6S3/c1-2-21(12-8-16-6-10-20-11-7-16)30(26,27)18-5-3-4-17(14-18)29(24,25)19-9-13-28(22,23)15-19/h3-7,10-11,14,19H,2,8-9,12-13,15H2,1H3. The smallest absolute Gasteiger partial charge is 0.243 e. The van der Waals surface area contributed by atoms with Crippen molar-refractivity contribution in [3.8, 4) is 0 Å². The number of hydrogen-bond donors (Lipinski definition) is 0. The number of likely N-dealkylation sites (N-methyl/N-ethyl adjacent to an activating group) is 1. The van der Waals surface area contributed by atoms with Gasteiger partial charge in [-0.15, -0.1) is 0 Å². The molecular formula is C19H24N2O6S3. The van der Waals surface area contributed by atoms with E-state index in [-0.39, 0.29) is 35.1 Å². The van der Waals surface area contributed by atoms with Gasteiger partial charge >= 0.3 is 0 Å². The summed E-state index contributed by atoms with van der Waals surface area (Å²) < 4.78 is 76.6. The van der Waals surface area contributed by atoms with Crippen molar-refractivity contribution in [3.05, 3.63) is 54.4 Å². The van der Waals surface area contributed by atoms with E-state index < -0.39 is 40.7 Å². The first-order chi connectivity index (χ1) is 14.1. The lowest BCUT2D eigenvalue weighted by atomic mass is 10.2. The zero-order valence-corrected chi connectivity index (χ0v) is 19.0. The third-order valence-electron chi connectivity index (χ3n) is 5.15. The molecule has 2 heterocycles. The lowest BCUT2D eigenvalue weighted by molar-refractivity contribution is 0.431. The highest BCUT2D eigenvalue weighted by molar-refractivity contribution is 7.96. The zero-order chi connectivity index (χ0) is 22.0. The summed E-state index contributed by atoms with van der Waals surface area (Å²) >= 11 is 0. The van der Waals surface area contributed by atoms with Gasteiger partial charge in [-0.3, -0.25) is 4.98 Å². The minimum absolute atomic E-state index is 0.0225. The van der Waals surface area contributed by atoms with Crippen molar-refractivity contribution in [2.24, 2.45) is 0 Å². The highest BCUT2D eigenvalue weighted by Crippen LogP contribution is 2.27. The molecule has 0 spiro atoms. The third kappa shape index (κ3) is 4.90. The van der Waals surface area contributed by atoms with E-state index >= 15 is 0 Å². The first kappa shape index (κ1) is 22.9. The number of hydrogen-bond acceptors (Lipinski definition) is 7. The van der Waals surface area contributed by atoms with Crippen molar-refractivity contribution < 1.29 is 25.3 Å². The molecule has 0 aliphatic carbocycles. The highest BCUT2D eigenvalue weighted by atomic mass is 32.2. The molecule has 0 saturated carbocycles. The maximum atomic E-state index is 13.1. The Hall–Kier alpha value is -1.82. The van der Waals surface area contributed by atoms with E-state index in [9.17, 15) is 25.3 Å². The van der Waals surface area contributed by atoms with Crippen LogP contribution in [0, 0.1) is 0 Å². The van der Waals surface area contributed by atoms with E-state index in [2.05, 4.69) is 4.98 Å². The summed E-state index contributed by atoms with van der Waals surface area (Å²) in [4.78, 5) is 3.64. The van der Waals surface area contributed by atoms with Crippen LogP contribution in [0.15, 0.2) is 58.6 Å².